The molecular formula is C19H17FN2O2. The largest absolute Gasteiger partial charge is 0.494 e. The molecule has 0 aliphatic rings. The zero-order valence-corrected chi connectivity index (χ0v) is 13.3. The van der Waals surface area contributed by atoms with Crippen LogP contribution in [0.15, 0.2) is 54.1 Å². The van der Waals surface area contributed by atoms with Gasteiger partial charge in [-0.25, -0.2) is 4.39 Å². The first-order chi connectivity index (χ1) is 11.6. The van der Waals surface area contributed by atoms with Gasteiger partial charge in [-0.05, 0) is 48.4 Å². The van der Waals surface area contributed by atoms with E-state index in [4.69, 9.17) is 4.74 Å². The van der Waals surface area contributed by atoms with Crippen LogP contribution in [-0.4, -0.2) is 12.5 Å². The highest BCUT2D eigenvalue weighted by Gasteiger charge is 2.10. The summed E-state index contributed by atoms with van der Waals surface area (Å²) in [7, 11) is 0. The highest BCUT2D eigenvalue weighted by Crippen LogP contribution is 2.16. The molecule has 0 saturated carbocycles. The van der Waals surface area contributed by atoms with Gasteiger partial charge in [-0.3, -0.25) is 4.79 Å². The van der Waals surface area contributed by atoms with Crippen molar-refractivity contribution in [2.24, 2.45) is 0 Å². The molecule has 0 spiro atoms. The third kappa shape index (κ3) is 4.96. The van der Waals surface area contributed by atoms with Gasteiger partial charge >= 0.3 is 0 Å². The topological polar surface area (TPSA) is 62.1 Å². The van der Waals surface area contributed by atoms with Gasteiger partial charge in [0, 0.05) is 5.69 Å². The highest BCUT2D eigenvalue weighted by molar-refractivity contribution is 6.09. The van der Waals surface area contributed by atoms with Crippen molar-refractivity contribution in [1.29, 1.82) is 5.26 Å². The number of carbonyl (C=O) groups is 1. The normalized spacial score (nSPS) is 10.8. The number of rotatable bonds is 6. The minimum atomic E-state index is -0.589. The molecule has 2 aromatic carbocycles. The number of nitrogens with zero attached hydrogens (tertiary/aromatic N) is 1. The maximum absolute atomic E-state index is 13.1. The Morgan fingerprint density at radius 2 is 2.04 bits per heavy atom. The Bertz CT molecular complexity index is 777. The van der Waals surface area contributed by atoms with Crippen LogP contribution >= 0.6 is 0 Å². The van der Waals surface area contributed by atoms with E-state index in [1.54, 1.807) is 30.3 Å². The number of ether oxygens (including phenoxy) is 1. The molecule has 0 aromatic heterocycles. The average Bonchev–Trinajstić information content (AvgIpc) is 2.58. The maximum atomic E-state index is 13.1. The molecule has 4 nitrogen and oxygen atoms in total. The summed E-state index contributed by atoms with van der Waals surface area (Å²) in [6, 6.07) is 14.4. The van der Waals surface area contributed by atoms with E-state index in [2.05, 4.69) is 5.32 Å². The van der Waals surface area contributed by atoms with Crippen LogP contribution < -0.4 is 10.1 Å². The van der Waals surface area contributed by atoms with E-state index >= 15 is 0 Å². The molecule has 0 bridgehead atoms. The van der Waals surface area contributed by atoms with Gasteiger partial charge < -0.3 is 10.1 Å². The SMILES string of the molecule is CCCOc1ccc(/C=C(\C#N)C(=O)Nc2cccc(F)c2)cc1. The molecule has 0 atom stereocenters. The van der Waals surface area contributed by atoms with E-state index in [-0.39, 0.29) is 5.57 Å². The molecule has 2 aromatic rings. The molecule has 2 rings (SSSR count). The smallest absolute Gasteiger partial charge is 0.266 e. The first-order valence-electron chi connectivity index (χ1n) is 7.54. The van der Waals surface area contributed by atoms with Crippen LogP contribution in [-0.2, 0) is 4.79 Å². The number of nitriles is 1. The van der Waals surface area contributed by atoms with E-state index in [1.807, 2.05) is 13.0 Å². The van der Waals surface area contributed by atoms with E-state index in [1.165, 1.54) is 24.3 Å². The summed E-state index contributed by atoms with van der Waals surface area (Å²) in [5, 5.41) is 11.7. The molecule has 5 heteroatoms. The van der Waals surface area contributed by atoms with Crippen LogP contribution in [0.2, 0.25) is 0 Å². The number of carbonyl (C=O) groups excluding carboxylic acids is 1. The van der Waals surface area contributed by atoms with Crippen LogP contribution in [0, 0.1) is 17.1 Å². The molecule has 0 aliphatic carbocycles. The number of halogens is 1. The molecule has 0 fully saturated rings. The van der Waals surface area contributed by atoms with Gasteiger partial charge in [-0.15, -0.1) is 0 Å². The van der Waals surface area contributed by atoms with Crippen LogP contribution in [0.3, 0.4) is 0 Å². The van der Waals surface area contributed by atoms with Crippen LogP contribution in [0.4, 0.5) is 10.1 Å². The average molecular weight is 324 g/mol. The quantitative estimate of drug-likeness (QED) is 0.641. The van der Waals surface area contributed by atoms with Crippen molar-refractivity contribution < 1.29 is 13.9 Å². The first-order valence-corrected chi connectivity index (χ1v) is 7.54. The Kier molecular flexibility index (Phi) is 6.09. The maximum Gasteiger partial charge on any atom is 0.266 e. The first kappa shape index (κ1) is 17.2. The lowest BCUT2D eigenvalue weighted by molar-refractivity contribution is -0.112. The second-order valence-electron chi connectivity index (χ2n) is 5.05. The van der Waals surface area contributed by atoms with Crippen molar-refractivity contribution in [3.05, 3.63) is 65.5 Å². The van der Waals surface area contributed by atoms with Gasteiger partial charge in [0.2, 0.25) is 0 Å². The fourth-order valence-corrected chi connectivity index (χ4v) is 1.96. The molecule has 0 unspecified atom stereocenters. The summed E-state index contributed by atoms with van der Waals surface area (Å²) < 4.78 is 18.6. The molecule has 0 aliphatic heterocycles. The Balaban J connectivity index is 2.10. The van der Waals surface area contributed by atoms with Gasteiger partial charge in [-0.1, -0.05) is 25.1 Å². The molecule has 0 saturated heterocycles. The minimum absolute atomic E-state index is 0.0681. The second kappa shape index (κ2) is 8.49. The zero-order chi connectivity index (χ0) is 17.4. The summed E-state index contributed by atoms with van der Waals surface area (Å²) in [5.74, 6) is -0.316. The van der Waals surface area contributed by atoms with Gasteiger partial charge in [0.15, 0.2) is 0 Å². The zero-order valence-electron chi connectivity index (χ0n) is 13.3. The van der Waals surface area contributed by atoms with Gasteiger partial charge in [0.1, 0.15) is 23.2 Å². The van der Waals surface area contributed by atoms with Gasteiger partial charge in [-0.2, -0.15) is 5.26 Å². The second-order valence-corrected chi connectivity index (χ2v) is 5.05. The molecule has 0 heterocycles. The van der Waals surface area contributed by atoms with Crippen molar-refractivity contribution in [1.82, 2.24) is 0 Å². The monoisotopic (exact) mass is 324 g/mol. The molecule has 1 amide bonds. The van der Waals surface area contributed by atoms with Gasteiger partial charge in [0.25, 0.3) is 5.91 Å². The lowest BCUT2D eigenvalue weighted by Gasteiger charge is -2.05. The van der Waals surface area contributed by atoms with Crippen molar-refractivity contribution in [2.75, 3.05) is 11.9 Å². The van der Waals surface area contributed by atoms with Crippen molar-refractivity contribution in [3.8, 4) is 11.8 Å². The number of hydrogen-bond acceptors (Lipinski definition) is 3. The standard InChI is InChI=1S/C19H17FN2O2/c1-2-10-24-18-8-6-14(7-9-18)11-15(13-21)19(23)22-17-5-3-4-16(20)12-17/h3-9,11-12H,2,10H2,1H3,(H,22,23)/b15-11+. The summed E-state index contributed by atoms with van der Waals surface area (Å²) in [6.45, 7) is 2.65. The predicted octanol–water partition coefficient (Wildman–Crippen LogP) is 4.16. The van der Waals surface area contributed by atoms with E-state index in [0.717, 1.165) is 12.2 Å². The summed E-state index contributed by atoms with van der Waals surface area (Å²) in [4.78, 5) is 12.1. The van der Waals surface area contributed by atoms with Crippen molar-refractivity contribution >= 4 is 17.7 Å². The van der Waals surface area contributed by atoms with Crippen LogP contribution in [0.5, 0.6) is 5.75 Å². The minimum Gasteiger partial charge on any atom is -0.494 e. The lowest BCUT2D eigenvalue weighted by atomic mass is 10.1. The lowest BCUT2D eigenvalue weighted by Crippen LogP contribution is -2.13. The molecule has 24 heavy (non-hydrogen) atoms. The summed E-state index contributed by atoms with van der Waals surface area (Å²) in [5.41, 5.74) is 0.927. The fraction of sp³-hybridized carbons (Fsp3) is 0.158. The summed E-state index contributed by atoms with van der Waals surface area (Å²) >= 11 is 0. The Morgan fingerprint density at radius 1 is 1.29 bits per heavy atom. The molecule has 122 valence electrons. The van der Waals surface area contributed by atoms with E-state index in [0.29, 0.717) is 17.9 Å². The molecule has 0 radical (unpaired) electrons. The van der Waals surface area contributed by atoms with E-state index in [9.17, 15) is 14.4 Å². The molecule has 1 N–H and O–H groups in total. The van der Waals surface area contributed by atoms with E-state index < -0.39 is 11.7 Å². The third-order valence-corrected chi connectivity index (χ3v) is 3.11. The Labute approximate surface area is 140 Å². The van der Waals surface area contributed by atoms with Crippen molar-refractivity contribution in [2.45, 2.75) is 13.3 Å². The number of amides is 1. The fourth-order valence-electron chi connectivity index (χ4n) is 1.96. The van der Waals surface area contributed by atoms with Crippen molar-refractivity contribution in [3.63, 3.8) is 0 Å². The third-order valence-electron chi connectivity index (χ3n) is 3.11. The predicted molar refractivity (Wildman–Crippen MR) is 90.8 cm³/mol. The Morgan fingerprint density at radius 3 is 2.67 bits per heavy atom. The van der Waals surface area contributed by atoms with Crippen LogP contribution in [0.1, 0.15) is 18.9 Å². The number of anilines is 1. The van der Waals surface area contributed by atoms with Gasteiger partial charge in [0.05, 0.1) is 6.61 Å². The van der Waals surface area contributed by atoms with Crippen LogP contribution in [0.25, 0.3) is 6.08 Å². The number of benzene rings is 2. The molecular weight excluding hydrogens is 307 g/mol. The number of hydrogen-bond donors (Lipinski definition) is 1. The highest BCUT2D eigenvalue weighted by atomic mass is 19.1. The Hall–Kier alpha value is -3.13. The summed E-state index contributed by atoms with van der Waals surface area (Å²) in [6.07, 6.45) is 2.39. The number of nitrogens with one attached hydrogen (secondary N) is 1.